The minimum Gasteiger partial charge on any atom is -0.497 e. The van der Waals surface area contributed by atoms with E-state index >= 15 is 0 Å². The van der Waals surface area contributed by atoms with E-state index < -0.39 is 6.04 Å². The van der Waals surface area contributed by atoms with E-state index in [2.05, 4.69) is 5.32 Å². The van der Waals surface area contributed by atoms with Gasteiger partial charge in [-0.05, 0) is 54.3 Å². The minimum absolute atomic E-state index is 0.0183. The molecule has 0 spiro atoms. The van der Waals surface area contributed by atoms with E-state index in [1.807, 2.05) is 68.4 Å². The number of carbonyl (C=O) groups excluding carboxylic acids is 2. The van der Waals surface area contributed by atoms with Gasteiger partial charge in [0.2, 0.25) is 11.8 Å². The second-order valence-electron chi connectivity index (χ2n) is 8.81. The molecule has 0 bridgehead atoms. The zero-order valence-electron chi connectivity index (χ0n) is 20.8. The van der Waals surface area contributed by atoms with Crippen LogP contribution in [0.1, 0.15) is 37.0 Å². The first kappa shape index (κ1) is 27.6. The molecule has 0 radical (unpaired) electrons. The van der Waals surface area contributed by atoms with E-state index in [9.17, 15) is 9.59 Å². The number of ether oxygens (including phenoxy) is 1. The third-order valence-corrected chi connectivity index (χ3v) is 6.70. The first-order valence-electron chi connectivity index (χ1n) is 12.0. The summed E-state index contributed by atoms with van der Waals surface area (Å²) in [6.45, 7) is 4.21. The molecule has 0 fully saturated rings. The van der Waals surface area contributed by atoms with Gasteiger partial charge in [-0.3, -0.25) is 9.59 Å². The Labute approximate surface area is 223 Å². The standard InChI is InChI=1S/C29H32Cl2N2O3/c1-4-20(2)32-29(35)27(16-21-9-6-5-7-10-21)33(19-22-11-8-12-25(15-22)36-3)28(34)17-23-13-14-24(30)18-26(23)31/h5-15,18,20,27H,4,16-17,19H2,1-3H3,(H,32,35)/t20-,27+/m0/s1. The van der Waals surface area contributed by atoms with Crippen LogP contribution in [0.3, 0.4) is 0 Å². The number of amides is 2. The van der Waals surface area contributed by atoms with Crippen LogP contribution in [0.25, 0.3) is 0 Å². The Bertz CT molecular complexity index is 1170. The van der Waals surface area contributed by atoms with Crippen LogP contribution in [0.15, 0.2) is 72.8 Å². The van der Waals surface area contributed by atoms with Crippen LogP contribution in [0.2, 0.25) is 10.0 Å². The summed E-state index contributed by atoms with van der Waals surface area (Å²) in [5.41, 5.74) is 2.48. The van der Waals surface area contributed by atoms with Gasteiger partial charge in [0, 0.05) is 29.1 Å². The van der Waals surface area contributed by atoms with Gasteiger partial charge in [0.1, 0.15) is 11.8 Å². The first-order chi connectivity index (χ1) is 17.3. The van der Waals surface area contributed by atoms with Crippen molar-refractivity contribution in [3.63, 3.8) is 0 Å². The molecule has 190 valence electrons. The van der Waals surface area contributed by atoms with Crippen LogP contribution < -0.4 is 10.1 Å². The largest absolute Gasteiger partial charge is 0.497 e. The number of halogens is 2. The number of nitrogens with one attached hydrogen (secondary N) is 1. The Kier molecular flexibility index (Phi) is 10.2. The van der Waals surface area contributed by atoms with Crippen LogP contribution in [-0.2, 0) is 29.0 Å². The van der Waals surface area contributed by atoms with Gasteiger partial charge in [0.05, 0.1) is 13.5 Å². The molecule has 0 unspecified atom stereocenters. The van der Waals surface area contributed by atoms with Crippen molar-refractivity contribution in [2.45, 2.75) is 51.7 Å². The van der Waals surface area contributed by atoms with E-state index in [4.69, 9.17) is 27.9 Å². The first-order valence-corrected chi connectivity index (χ1v) is 12.8. The fraction of sp³-hybridized carbons (Fsp3) is 0.310. The number of nitrogens with zero attached hydrogens (tertiary/aromatic N) is 1. The summed E-state index contributed by atoms with van der Waals surface area (Å²) in [7, 11) is 1.60. The Morgan fingerprint density at radius 1 is 0.972 bits per heavy atom. The second kappa shape index (κ2) is 13.3. The molecule has 1 N–H and O–H groups in total. The molecule has 2 amide bonds. The Morgan fingerprint density at radius 3 is 2.36 bits per heavy atom. The van der Waals surface area contributed by atoms with Gasteiger partial charge in [-0.25, -0.2) is 0 Å². The molecule has 5 nitrogen and oxygen atoms in total. The lowest BCUT2D eigenvalue weighted by molar-refractivity contribution is -0.141. The fourth-order valence-corrected chi connectivity index (χ4v) is 4.37. The van der Waals surface area contributed by atoms with Crippen molar-refractivity contribution in [3.05, 3.63) is 99.5 Å². The Morgan fingerprint density at radius 2 is 1.69 bits per heavy atom. The third kappa shape index (κ3) is 7.74. The lowest BCUT2D eigenvalue weighted by atomic mass is 10.0. The Hall–Kier alpha value is -3.02. The van der Waals surface area contributed by atoms with Gasteiger partial charge in [-0.15, -0.1) is 0 Å². The predicted molar refractivity (Wildman–Crippen MR) is 146 cm³/mol. The molecule has 3 aromatic rings. The molecule has 0 heterocycles. The summed E-state index contributed by atoms with van der Waals surface area (Å²) in [5.74, 6) is 0.290. The van der Waals surface area contributed by atoms with E-state index in [0.717, 1.165) is 17.5 Å². The van der Waals surface area contributed by atoms with E-state index in [1.165, 1.54) is 0 Å². The van der Waals surface area contributed by atoms with Crippen molar-refractivity contribution in [1.29, 1.82) is 0 Å². The molecular weight excluding hydrogens is 495 g/mol. The molecule has 0 saturated carbocycles. The summed E-state index contributed by atoms with van der Waals surface area (Å²) >= 11 is 12.4. The number of rotatable bonds is 11. The predicted octanol–water partition coefficient (Wildman–Crippen LogP) is 6.10. The summed E-state index contributed by atoms with van der Waals surface area (Å²) < 4.78 is 5.38. The summed E-state index contributed by atoms with van der Waals surface area (Å²) in [4.78, 5) is 29.0. The van der Waals surface area contributed by atoms with Gasteiger partial charge >= 0.3 is 0 Å². The number of carbonyl (C=O) groups is 2. The maximum atomic E-state index is 13.8. The van der Waals surface area contributed by atoms with E-state index in [-0.39, 0.29) is 30.8 Å². The normalized spacial score (nSPS) is 12.5. The van der Waals surface area contributed by atoms with Gasteiger partial charge in [-0.1, -0.05) is 78.7 Å². The van der Waals surface area contributed by atoms with Crippen LogP contribution in [-0.4, -0.2) is 35.9 Å². The Balaban J connectivity index is 2.00. The van der Waals surface area contributed by atoms with Gasteiger partial charge in [0.25, 0.3) is 0 Å². The maximum Gasteiger partial charge on any atom is 0.243 e. The lowest BCUT2D eigenvalue weighted by Gasteiger charge is -2.32. The van der Waals surface area contributed by atoms with Crippen molar-refractivity contribution in [1.82, 2.24) is 10.2 Å². The number of hydrogen-bond donors (Lipinski definition) is 1. The van der Waals surface area contributed by atoms with Crippen LogP contribution in [0.4, 0.5) is 0 Å². The average molecular weight is 527 g/mol. The molecule has 7 heteroatoms. The van der Waals surface area contributed by atoms with Gasteiger partial charge in [0.15, 0.2) is 0 Å². The van der Waals surface area contributed by atoms with E-state index in [1.54, 1.807) is 30.2 Å². The van der Waals surface area contributed by atoms with Crippen molar-refractivity contribution in [2.75, 3.05) is 7.11 Å². The second-order valence-corrected chi connectivity index (χ2v) is 9.65. The molecule has 3 rings (SSSR count). The summed E-state index contributed by atoms with van der Waals surface area (Å²) in [6.07, 6.45) is 1.21. The molecule has 0 saturated heterocycles. The third-order valence-electron chi connectivity index (χ3n) is 6.12. The molecule has 36 heavy (non-hydrogen) atoms. The zero-order chi connectivity index (χ0) is 26.1. The highest BCUT2D eigenvalue weighted by Crippen LogP contribution is 2.24. The van der Waals surface area contributed by atoms with Crippen molar-refractivity contribution in [3.8, 4) is 5.75 Å². The number of methoxy groups -OCH3 is 1. The molecule has 0 aliphatic carbocycles. The van der Waals surface area contributed by atoms with Crippen molar-refractivity contribution >= 4 is 35.0 Å². The monoisotopic (exact) mass is 526 g/mol. The highest BCUT2D eigenvalue weighted by molar-refractivity contribution is 6.35. The molecule has 0 aliphatic heterocycles. The van der Waals surface area contributed by atoms with Gasteiger partial charge < -0.3 is 15.0 Å². The minimum atomic E-state index is -0.717. The smallest absolute Gasteiger partial charge is 0.243 e. The molecule has 3 aromatic carbocycles. The molecule has 0 aliphatic rings. The summed E-state index contributed by atoms with van der Waals surface area (Å²) in [5, 5.41) is 3.99. The fourth-order valence-electron chi connectivity index (χ4n) is 3.89. The van der Waals surface area contributed by atoms with Crippen LogP contribution in [0.5, 0.6) is 5.75 Å². The number of hydrogen-bond acceptors (Lipinski definition) is 3. The molecule has 0 aromatic heterocycles. The average Bonchev–Trinajstić information content (AvgIpc) is 2.88. The number of benzene rings is 3. The van der Waals surface area contributed by atoms with Crippen LogP contribution >= 0.6 is 23.2 Å². The molecule has 2 atom stereocenters. The van der Waals surface area contributed by atoms with Crippen molar-refractivity contribution in [2.24, 2.45) is 0 Å². The topological polar surface area (TPSA) is 58.6 Å². The quantitative estimate of drug-likeness (QED) is 0.328. The maximum absolute atomic E-state index is 13.8. The van der Waals surface area contributed by atoms with Crippen LogP contribution in [0, 0.1) is 0 Å². The van der Waals surface area contributed by atoms with E-state index in [0.29, 0.717) is 27.8 Å². The highest BCUT2D eigenvalue weighted by Gasteiger charge is 2.31. The zero-order valence-corrected chi connectivity index (χ0v) is 22.4. The lowest BCUT2D eigenvalue weighted by Crippen LogP contribution is -2.52. The van der Waals surface area contributed by atoms with Crippen molar-refractivity contribution < 1.29 is 14.3 Å². The SMILES string of the molecule is CC[C@H](C)NC(=O)[C@@H](Cc1ccccc1)N(Cc1cccc(OC)c1)C(=O)Cc1ccc(Cl)cc1Cl. The summed E-state index contributed by atoms with van der Waals surface area (Å²) in [6, 6.07) is 21.6. The highest BCUT2D eigenvalue weighted by atomic mass is 35.5. The molecular formula is C29H32Cl2N2O3. The van der Waals surface area contributed by atoms with Gasteiger partial charge in [-0.2, -0.15) is 0 Å².